The van der Waals surface area contributed by atoms with Gasteiger partial charge in [0, 0.05) is 11.0 Å². The van der Waals surface area contributed by atoms with E-state index in [1.807, 2.05) is 30.5 Å². The van der Waals surface area contributed by atoms with Gasteiger partial charge in [0.15, 0.2) is 11.2 Å². The molecular weight excluding hydrogens is 298 g/mol. The van der Waals surface area contributed by atoms with E-state index in [2.05, 4.69) is 5.32 Å². The van der Waals surface area contributed by atoms with Crippen LogP contribution in [0.4, 0.5) is 5.69 Å². The molecule has 1 amide bonds. The van der Waals surface area contributed by atoms with Crippen molar-refractivity contribution in [3.05, 3.63) is 70.6 Å². The average molecular weight is 311 g/mol. The molecule has 0 fully saturated rings. The van der Waals surface area contributed by atoms with Crippen LogP contribution in [0.5, 0.6) is 0 Å². The fourth-order valence-corrected chi connectivity index (χ4v) is 2.70. The number of amides is 1. The van der Waals surface area contributed by atoms with E-state index in [1.165, 1.54) is 17.8 Å². The molecular formula is C17H13NO3S. The Balaban J connectivity index is 1.97. The maximum absolute atomic E-state index is 12.3. The fraction of sp³-hybridized carbons (Fsp3) is 0.0588. The lowest BCUT2D eigenvalue weighted by molar-refractivity contribution is 0.0997. The first kappa shape index (κ1) is 14.4. The summed E-state index contributed by atoms with van der Waals surface area (Å²) in [5, 5.41) is 3.24. The Hall–Kier alpha value is -2.53. The number of hydrogen-bond acceptors (Lipinski definition) is 4. The average Bonchev–Trinajstić information content (AvgIpc) is 2.55. The van der Waals surface area contributed by atoms with Gasteiger partial charge in [-0.15, -0.1) is 11.8 Å². The lowest BCUT2D eigenvalue weighted by Crippen LogP contribution is -2.15. The normalized spacial score (nSPS) is 10.6. The zero-order valence-corrected chi connectivity index (χ0v) is 12.6. The van der Waals surface area contributed by atoms with Crippen LogP contribution in [0.1, 0.15) is 10.6 Å². The van der Waals surface area contributed by atoms with E-state index in [1.54, 1.807) is 24.3 Å². The van der Waals surface area contributed by atoms with Gasteiger partial charge in [0.1, 0.15) is 5.58 Å². The number of para-hydroxylation sites is 2. The molecule has 0 atom stereocenters. The number of thioether (sulfide) groups is 1. The molecule has 4 nitrogen and oxygen atoms in total. The summed E-state index contributed by atoms with van der Waals surface area (Å²) in [5.74, 6) is -0.441. The van der Waals surface area contributed by atoms with Crippen LogP contribution in [0.15, 0.2) is 68.7 Å². The van der Waals surface area contributed by atoms with Crippen LogP contribution in [-0.2, 0) is 0 Å². The van der Waals surface area contributed by atoms with Crippen LogP contribution < -0.4 is 10.7 Å². The minimum atomic E-state index is -0.440. The van der Waals surface area contributed by atoms with Gasteiger partial charge in [-0.2, -0.15) is 0 Å². The molecule has 5 heteroatoms. The summed E-state index contributed by atoms with van der Waals surface area (Å²) in [4.78, 5) is 25.3. The predicted octanol–water partition coefficient (Wildman–Crippen LogP) is 3.77. The first-order valence-corrected chi connectivity index (χ1v) is 7.89. The summed E-state index contributed by atoms with van der Waals surface area (Å²) in [5.41, 5.74) is 0.860. The summed E-state index contributed by atoms with van der Waals surface area (Å²) < 4.78 is 5.53. The largest absolute Gasteiger partial charge is 0.451 e. The molecule has 3 rings (SSSR count). The minimum absolute atomic E-state index is 0.000365. The Morgan fingerprint density at radius 1 is 1.09 bits per heavy atom. The number of hydrogen-bond donors (Lipinski definition) is 1. The summed E-state index contributed by atoms with van der Waals surface area (Å²) >= 11 is 1.53. The maximum Gasteiger partial charge on any atom is 0.291 e. The Labute approximate surface area is 131 Å². The van der Waals surface area contributed by atoms with Crippen molar-refractivity contribution in [2.45, 2.75) is 4.90 Å². The Bertz CT molecular complexity index is 902. The molecule has 0 bridgehead atoms. The number of anilines is 1. The Kier molecular flexibility index (Phi) is 3.98. The van der Waals surface area contributed by atoms with E-state index in [9.17, 15) is 9.59 Å². The second kappa shape index (κ2) is 6.07. The summed E-state index contributed by atoms with van der Waals surface area (Å²) in [6.07, 6.45) is 1.93. The van der Waals surface area contributed by atoms with E-state index in [0.29, 0.717) is 16.7 Å². The van der Waals surface area contributed by atoms with Gasteiger partial charge in [-0.05, 0) is 30.5 Å². The molecule has 0 saturated carbocycles. The molecule has 22 heavy (non-hydrogen) atoms. The molecule has 0 saturated heterocycles. The van der Waals surface area contributed by atoms with Gasteiger partial charge in [-0.3, -0.25) is 9.59 Å². The second-order valence-electron chi connectivity index (χ2n) is 4.63. The standard InChI is InChI=1S/C17H13NO3S/c1-22-16-9-5-3-7-12(16)18-17(20)15-10-13(19)11-6-2-4-8-14(11)21-15/h2-10H,1H3,(H,18,20). The topological polar surface area (TPSA) is 59.3 Å². The van der Waals surface area contributed by atoms with Crippen LogP contribution in [-0.4, -0.2) is 12.2 Å². The van der Waals surface area contributed by atoms with Crippen LogP contribution in [0.25, 0.3) is 11.0 Å². The van der Waals surface area contributed by atoms with E-state index < -0.39 is 5.91 Å². The third kappa shape index (κ3) is 2.76. The number of carbonyl (C=O) groups excluding carboxylic acids is 1. The van der Waals surface area contributed by atoms with Crippen molar-refractivity contribution in [1.29, 1.82) is 0 Å². The number of benzene rings is 2. The molecule has 0 unspecified atom stereocenters. The van der Waals surface area contributed by atoms with Crippen molar-refractivity contribution in [3.8, 4) is 0 Å². The monoisotopic (exact) mass is 311 g/mol. The molecule has 1 N–H and O–H groups in total. The van der Waals surface area contributed by atoms with E-state index in [4.69, 9.17) is 4.42 Å². The van der Waals surface area contributed by atoms with Crippen LogP contribution in [0.3, 0.4) is 0 Å². The lowest BCUT2D eigenvalue weighted by atomic mass is 10.2. The van der Waals surface area contributed by atoms with Crippen LogP contribution in [0, 0.1) is 0 Å². The molecule has 3 aromatic rings. The zero-order chi connectivity index (χ0) is 15.5. The van der Waals surface area contributed by atoms with Crippen molar-refractivity contribution in [3.63, 3.8) is 0 Å². The third-order valence-electron chi connectivity index (χ3n) is 3.21. The molecule has 110 valence electrons. The van der Waals surface area contributed by atoms with Crippen molar-refractivity contribution < 1.29 is 9.21 Å². The van der Waals surface area contributed by atoms with Gasteiger partial charge < -0.3 is 9.73 Å². The van der Waals surface area contributed by atoms with Crippen molar-refractivity contribution in [2.24, 2.45) is 0 Å². The summed E-state index contributed by atoms with van der Waals surface area (Å²) in [6.45, 7) is 0. The predicted molar refractivity (Wildman–Crippen MR) is 88.7 cm³/mol. The molecule has 0 radical (unpaired) electrons. The van der Waals surface area contributed by atoms with Gasteiger partial charge in [-0.1, -0.05) is 24.3 Å². The second-order valence-corrected chi connectivity index (χ2v) is 5.47. The smallest absolute Gasteiger partial charge is 0.291 e. The third-order valence-corrected chi connectivity index (χ3v) is 4.01. The highest BCUT2D eigenvalue weighted by molar-refractivity contribution is 7.98. The van der Waals surface area contributed by atoms with Crippen LogP contribution >= 0.6 is 11.8 Å². The maximum atomic E-state index is 12.3. The first-order chi connectivity index (χ1) is 10.7. The highest BCUT2D eigenvalue weighted by Gasteiger charge is 2.13. The fourth-order valence-electron chi connectivity index (χ4n) is 2.15. The van der Waals surface area contributed by atoms with Gasteiger partial charge in [0.2, 0.25) is 0 Å². The quantitative estimate of drug-likeness (QED) is 0.748. The van der Waals surface area contributed by atoms with Gasteiger partial charge in [0.05, 0.1) is 11.1 Å². The van der Waals surface area contributed by atoms with Gasteiger partial charge >= 0.3 is 0 Å². The Morgan fingerprint density at radius 3 is 2.64 bits per heavy atom. The highest BCUT2D eigenvalue weighted by atomic mass is 32.2. The van der Waals surface area contributed by atoms with Crippen LogP contribution in [0.2, 0.25) is 0 Å². The van der Waals surface area contributed by atoms with Crippen molar-refractivity contribution >= 4 is 34.3 Å². The van der Waals surface area contributed by atoms with Crippen molar-refractivity contribution in [1.82, 2.24) is 0 Å². The SMILES string of the molecule is CSc1ccccc1NC(=O)c1cc(=O)c2ccccc2o1. The van der Waals surface area contributed by atoms with E-state index in [0.717, 1.165) is 4.90 Å². The number of carbonyl (C=O) groups is 1. The summed E-state index contributed by atoms with van der Waals surface area (Å²) in [6, 6.07) is 15.5. The zero-order valence-electron chi connectivity index (χ0n) is 11.8. The molecule has 0 spiro atoms. The van der Waals surface area contributed by atoms with Gasteiger partial charge in [-0.25, -0.2) is 0 Å². The first-order valence-electron chi connectivity index (χ1n) is 6.66. The van der Waals surface area contributed by atoms with Gasteiger partial charge in [0.25, 0.3) is 5.91 Å². The molecule has 2 aromatic carbocycles. The molecule has 1 heterocycles. The number of rotatable bonds is 3. The molecule has 1 aromatic heterocycles. The highest BCUT2D eigenvalue weighted by Crippen LogP contribution is 2.25. The van der Waals surface area contributed by atoms with E-state index in [-0.39, 0.29) is 11.2 Å². The minimum Gasteiger partial charge on any atom is -0.451 e. The summed E-state index contributed by atoms with van der Waals surface area (Å²) in [7, 11) is 0. The number of nitrogens with one attached hydrogen (secondary N) is 1. The van der Waals surface area contributed by atoms with Crippen molar-refractivity contribution in [2.75, 3.05) is 11.6 Å². The Morgan fingerprint density at radius 2 is 1.82 bits per heavy atom. The molecule has 0 aliphatic carbocycles. The molecule has 0 aliphatic rings. The van der Waals surface area contributed by atoms with E-state index >= 15 is 0 Å². The lowest BCUT2D eigenvalue weighted by Gasteiger charge is -2.08. The molecule has 0 aliphatic heterocycles. The number of fused-ring (bicyclic) bond motifs is 1.